The molecule has 0 aromatic heterocycles. The predicted octanol–water partition coefficient (Wildman–Crippen LogP) is 2.16. The summed E-state index contributed by atoms with van der Waals surface area (Å²) < 4.78 is 5.77. The molecule has 1 fully saturated rings. The van der Waals surface area contributed by atoms with Gasteiger partial charge in [-0.25, -0.2) is 4.79 Å². The monoisotopic (exact) mass is 303 g/mol. The van der Waals surface area contributed by atoms with E-state index in [1.54, 1.807) is 0 Å². The molecule has 1 saturated heterocycles. The number of benzene rings is 1. The van der Waals surface area contributed by atoms with Gasteiger partial charge in [0.2, 0.25) is 5.91 Å². The number of hydrogen-bond donors (Lipinski definition) is 1. The lowest BCUT2D eigenvalue weighted by Gasteiger charge is -2.34. The third-order valence-corrected chi connectivity index (χ3v) is 4.56. The van der Waals surface area contributed by atoms with Crippen LogP contribution in [0.1, 0.15) is 42.9 Å². The molecule has 0 radical (unpaired) electrons. The van der Waals surface area contributed by atoms with Gasteiger partial charge < -0.3 is 14.7 Å². The van der Waals surface area contributed by atoms with Crippen molar-refractivity contribution in [2.75, 3.05) is 13.2 Å². The van der Waals surface area contributed by atoms with Crippen LogP contribution in [-0.2, 0) is 20.7 Å². The van der Waals surface area contributed by atoms with Crippen molar-refractivity contribution in [1.29, 1.82) is 0 Å². The molecule has 2 aliphatic heterocycles. The maximum Gasteiger partial charge on any atom is 0.326 e. The van der Waals surface area contributed by atoms with Crippen molar-refractivity contribution in [3.63, 3.8) is 0 Å². The Hall–Kier alpha value is -1.88. The highest BCUT2D eigenvalue weighted by Crippen LogP contribution is 2.31. The second kappa shape index (κ2) is 6.48. The molecule has 1 unspecified atom stereocenters. The molecule has 0 saturated carbocycles. The van der Waals surface area contributed by atoms with E-state index >= 15 is 0 Å². The number of nitrogens with zero attached hydrogens (tertiary/aromatic N) is 1. The average molecular weight is 303 g/mol. The van der Waals surface area contributed by atoms with Crippen LogP contribution in [0.15, 0.2) is 24.3 Å². The summed E-state index contributed by atoms with van der Waals surface area (Å²) in [6, 6.07) is 7.33. The molecule has 3 rings (SSSR count). The van der Waals surface area contributed by atoms with Gasteiger partial charge in [0, 0.05) is 6.54 Å². The van der Waals surface area contributed by atoms with Crippen molar-refractivity contribution < 1.29 is 19.4 Å². The van der Waals surface area contributed by atoms with Crippen molar-refractivity contribution in [3.05, 3.63) is 35.4 Å². The Morgan fingerprint density at radius 3 is 2.91 bits per heavy atom. The van der Waals surface area contributed by atoms with Crippen LogP contribution in [0.3, 0.4) is 0 Å². The quantitative estimate of drug-likeness (QED) is 0.929. The summed E-state index contributed by atoms with van der Waals surface area (Å²) in [4.78, 5) is 25.4. The van der Waals surface area contributed by atoms with Crippen LogP contribution in [0, 0.1) is 0 Å². The third kappa shape index (κ3) is 2.99. The lowest BCUT2D eigenvalue weighted by Crippen LogP contribution is -2.48. The lowest BCUT2D eigenvalue weighted by atomic mass is 9.94. The smallest absolute Gasteiger partial charge is 0.326 e. The van der Waals surface area contributed by atoms with Gasteiger partial charge >= 0.3 is 5.97 Å². The van der Waals surface area contributed by atoms with E-state index in [0.29, 0.717) is 19.6 Å². The van der Waals surface area contributed by atoms with Gasteiger partial charge in [0.1, 0.15) is 6.04 Å². The van der Waals surface area contributed by atoms with Gasteiger partial charge in [0.15, 0.2) is 0 Å². The fourth-order valence-electron chi connectivity index (χ4n) is 3.41. The zero-order chi connectivity index (χ0) is 15.5. The number of hydrogen-bond acceptors (Lipinski definition) is 3. The Kier molecular flexibility index (Phi) is 4.43. The van der Waals surface area contributed by atoms with E-state index < -0.39 is 12.0 Å². The molecule has 118 valence electrons. The van der Waals surface area contributed by atoms with Gasteiger partial charge in [-0.1, -0.05) is 24.3 Å². The van der Waals surface area contributed by atoms with E-state index in [9.17, 15) is 14.7 Å². The van der Waals surface area contributed by atoms with Crippen LogP contribution in [-0.4, -0.2) is 41.1 Å². The van der Waals surface area contributed by atoms with E-state index in [0.717, 1.165) is 24.8 Å². The molecule has 0 bridgehead atoms. The van der Waals surface area contributed by atoms with E-state index in [4.69, 9.17) is 4.74 Å². The van der Waals surface area contributed by atoms with Crippen LogP contribution in [0.5, 0.6) is 0 Å². The Labute approximate surface area is 129 Å². The van der Waals surface area contributed by atoms with Crippen molar-refractivity contribution in [2.24, 2.45) is 0 Å². The largest absolute Gasteiger partial charge is 0.480 e. The Morgan fingerprint density at radius 1 is 1.27 bits per heavy atom. The zero-order valence-electron chi connectivity index (χ0n) is 12.5. The highest BCUT2D eigenvalue weighted by atomic mass is 16.5. The predicted molar refractivity (Wildman–Crippen MR) is 80.4 cm³/mol. The summed E-state index contributed by atoms with van der Waals surface area (Å²) in [6.45, 7) is 1.14. The van der Waals surface area contributed by atoms with Crippen molar-refractivity contribution >= 4 is 11.9 Å². The van der Waals surface area contributed by atoms with E-state index in [1.165, 1.54) is 10.5 Å². The number of likely N-dealkylation sites (tertiary alicyclic amines) is 1. The molecule has 5 nitrogen and oxygen atoms in total. The molecule has 22 heavy (non-hydrogen) atoms. The first kappa shape index (κ1) is 15.0. The maximum absolute atomic E-state index is 12.6. The van der Waals surface area contributed by atoms with Crippen molar-refractivity contribution in [3.8, 4) is 0 Å². The maximum atomic E-state index is 12.6. The van der Waals surface area contributed by atoms with Gasteiger partial charge in [0.05, 0.1) is 19.1 Å². The highest BCUT2D eigenvalue weighted by molar-refractivity contribution is 5.84. The Morgan fingerprint density at radius 2 is 2.09 bits per heavy atom. The highest BCUT2D eigenvalue weighted by Gasteiger charge is 2.34. The number of fused-ring (bicyclic) bond motifs is 1. The number of rotatable bonds is 3. The third-order valence-electron chi connectivity index (χ3n) is 4.56. The number of ether oxygens (including phenoxy) is 1. The summed E-state index contributed by atoms with van der Waals surface area (Å²) in [5, 5.41) is 9.30. The van der Waals surface area contributed by atoms with Gasteiger partial charge in [0.25, 0.3) is 0 Å². The zero-order valence-corrected chi connectivity index (χ0v) is 12.5. The fraction of sp³-hybridized carbons (Fsp3) is 0.529. The van der Waals surface area contributed by atoms with Crippen molar-refractivity contribution in [2.45, 2.75) is 44.2 Å². The van der Waals surface area contributed by atoms with Crippen LogP contribution in [0.25, 0.3) is 0 Å². The Bertz CT molecular complexity index is 572. The Balaban J connectivity index is 1.73. The molecule has 2 atom stereocenters. The van der Waals surface area contributed by atoms with Gasteiger partial charge in [-0.3, -0.25) is 4.79 Å². The van der Waals surface area contributed by atoms with Crippen LogP contribution in [0.2, 0.25) is 0 Å². The molecular formula is C17H21NO4. The normalized spacial score (nSPS) is 24.6. The van der Waals surface area contributed by atoms with Crippen LogP contribution >= 0.6 is 0 Å². The molecule has 0 spiro atoms. The molecule has 0 aliphatic carbocycles. The molecule has 2 aliphatic rings. The lowest BCUT2D eigenvalue weighted by molar-refractivity contribution is -0.153. The van der Waals surface area contributed by atoms with Gasteiger partial charge in [-0.05, 0) is 36.8 Å². The van der Waals surface area contributed by atoms with Crippen molar-refractivity contribution in [1.82, 2.24) is 4.90 Å². The number of carboxylic acid groups (broad SMARTS) is 1. The topological polar surface area (TPSA) is 66.8 Å². The minimum atomic E-state index is -0.905. The molecule has 2 heterocycles. The molecule has 5 heteroatoms. The van der Waals surface area contributed by atoms with Crippen LogP contribution in [0.4, 0.5) is 0 Å². The minimum absolute atomic E-state index is 0.117. The summed E-state index contributed by atoms with van der Waals surface area (Å²) in [5.41, 5.74) is 2.28. The standard InChI is InChI=1S/C17H21NO4/c19-16(18-9-4-3-7-14(18)17(20)21)11-15-13-6-2-1-5-12(13)8-10-22-15/h1-2,5-6,14-15H,3-4,7-11H2,(H,20,21)/t14-,15?/m1/s1. The molecule has 1 aromatic carbocycles. The number of carbonyl (C=O) groups is 2. The number of carboxylic acids is 1. The number of carbonyl (C=O) groups excluding carboxylic acids is 1. The first-order chi connectivity index (χ1) is 10.7. The summed E-state index contributed by atoms with van der Waals surface area (Å²) in [5.74, 6) is -1.02. The minimum Gasteiger partial charge on any atom is -0.480 e. The SMILES string of the molecule is O=C(O)[C@H]1CCCCN1C(=O)CC1OCCc2ccccc21. The number of aliphatic carboxylic acids is 1. The summed E-state index contributed by atoms with van der Waals surface area (Å²) in [7, 11) is 0. The number of piperidine rings is 1. The second-order valence-corrected chi connectivity index (χ2v) is 5.95. The first-order valence-electron chi connectivity index (χ1n) is 7.88. The number of amides is 1. The molecular weight excluding hydrogens is 282 g/mol. The molecule has 1 amide bonds. The summed E-state index contributed by atoms with van der Waals surface area (Å²) >= 11 is 0. The molecule has 1 N–H and O–H groups in total. The van der Waals surface area contributed by atoms with Gasteiger partial charge in [-0.2, -0.15) is 0 Å². The van der Waals surface area contributed by atoms with E-state index in [-0.39, 0.29) is 18.4 Å². The fourth-order valence-corrected chi connectivity index (χ4v) is 3.41. The van der Waals surface area contributed by atoms with E-state index in [2.05, 4.69) is 6.07 Å². The van der Waals surface area contributed by atoms with Gasteiger partial charge in [-0.15, -0.1) is 0 Å². The average Bonchev–Trinajstić information content (AvgIpc) is 2.55. The first-order valence-corrected chi connectivity index (χ1v) is 7.88. The van der Waals surface area contributed by atoms with Crippen LogP contribution < -0.4 is 0 Å². The summed E-state index contributed by atoms with van der Waals surface area (Å²) in [6.07, 6.45) is 3.11. The van der Waals surface area contributed by atoms with E-state index in [1.807, 2.05) is 18.2 Å². The second-order valence-electron chi connectivity index (χ2n) is 5.95. The molecule has 1 aromatic rings.